The molecule has 1 aromatic heterocycles. The Kier molecular flexibility index (Phi) is 11.4. The summed E-state index contributed by atoms with van der Waals surface area (Å²) in [6, 6.07) is 19.9. The van der Waals surface area contributed by atoms with Crippen LogP contribution in [0.15, 0.2) is 66.7 Å². The van der Waals surface area contributed by atoms with Gasteiger partial charge in [0, 0.05) is 107 Å². The SMILES string of the molecule is CN(C(=O)N1CCC(Oc2cc(F)cc(N3[C@@H]4CC[C@H]3CN(c3cc(-c5ccccc5O)nnc3N)C4)c2)CC1)C1CCN(c2cccc3c2OC(C)(C)CN3C2CCC(=O)NC2=O)CC1. The standard InChI is InChI=1S/C49H59FN10O6/c1-49(2)29-59(41-13-14-44(62)52-47(41)63)40-9-6-8-39(45(40)66-49)56-19-15-31(16-20-56)55(3)48(64)57-21-17-35(18-22-57)65-36-24-30(50)23-34(25-36)60-32-11-12-33(60)28-58(27-32)42-26-38(53-54-46(42)51)37-7-4-5-10-43(37)61/h4-10,23-26,31-33,35,41,61H,11-22,27-29H2,1-3H3,(H2,51,54)(H,52,62,63)/t32-,33+,41?. The van der Waals surface area contributed by atoms with Gasteiger partial charge in [-0.3, -0.25) is 14.9 Å². The number of imide groups is 1. The molecule has 10 rings (SSSR count). The molecule has 0 saturated carbocycles. The van der Waals surface area contributed by atoms with Gasteiger partial charge in [0.25, 0.3) is 0 Å². The highest BCUT2D eigenvalue weighted by atomic mass is 19.1. The predicted molar refractivity (Wildman–Crippen MR) is 250 cm³/mol. The van der Waals surface area contributed by atoms with E-state index >= 15 is 4.39 Å². The van der Waals surface area contributed by atoms with E-state index in [1.165, 1.54) is 6.07 Å². The molecule has 17 heteroatoms. The van der Waals surface area contributed by atoms with Crippen molar-refractivity contribution in [3.05, 3.63) is 72.5 Å². The first-order chi connectivity index (χ1) is 31.8. The number of likely N-dealkylation sites (tertiary alicyclic amines) is 1. The van der Waals surface area contributed by atoms with Gasteiger partial charge in [-0.15, -0.1) is 10.2 Å². The Morgan fingerprint density at radius 2 is 1.61 bits per heavy atom. The number of phenols is 1. The van der Waals surface area contributed by atoms with Gasteiger partial charge >= 0.3 is 6.03 Å². The average molecular weight is 903 g/mol. The van der Waals surface area contributed by atoms with Crippen LogP contribution in [0, 0.1) is 5.82 Å². The molecule has 0 spiro atoms. The Morgan fingerprint density at radius 3 is 2.33 bits per heavy atom. The molecule has 6 aliphatic rings. The third-order valence-electron chi connectivity index (χ3n) is 14.4. The van der Waals surface area contributed by atoms with E-state index in [4.69, 9.17) is 15.2 Å². The Morgan fingerprint density at radius 1 is 0.879 bits per heavy atom. The molecule has 4 amide bonds. The van der Waals surface area contributed by atoms with E-state index in [-0.39, 0.29) is 53.6 Å². The lowest BCUT2D eigenvalue weighted by Gasteiger charge is -2.46. The maximum absolute atomic E-state index is 15.4. The molecule has 0 radical (unpaired) electrons. The number of nitrogen functional groups attached to an aromatic ring is 1. The van der Waals surface area contributed by atoms with Crippen molar-refractivity contribution in [2.75, 3.05) is 78.2 Å². The number of para-hydroxylation sites is 2. The summed E-state index contributed by atoms with van der Waals surface area (Å²) in [5.41, 5.74) is 10.3. The predicted octanol–water partition coefficient (Wildman–Crippen LogP) is 5.77. The van der Waals surface area contributed by atoms with Crippen molar-refractivity contribution in [3.63, 3.8) is 0 Å². The number of hydrogen-bond donors (Lipinski definition) is 3. The highest BCUT2D eigenvalue weighted by Gasteiger charge is 2.43. The number of nitrogens with zero attached hydrogens (tertiary/aromatic N) is 8. The molecular formula is C49H59FN10O6. The summed E-state index contributed by atoms with van der Waals surface area (Å²) in [5, 5.41) is 21.5. The number of aromatic hydroxyl groups is 1. The molecule has 4 N–H and O–H groups in total. The first-order valence-corrected chi connectivity index (χ1v) is 23.4. The van der Waals surface area contributed by atoms with Gasteiger partial charge in [-0.05, 0) is 82.3 Å². The third-order valence-corrected chi connectivity index (χ3v) is 14.4. The number of urea groups is 1. The van der Waals surface area contributed by atoms with Gasteiger partial charge in [-0.25, -0.2) is 9.18 Å². The summed E-state index contributed by atoms with van der Waals surface area (Å²) in [7, 11) is 1.90. The average Bonchev–Trinajstić information content (AvgIpc) is 3.57. The van der Waals surface area contributed by atoms with E-state index in [0.717, 1.165) is 67.3 Å². The minimum atomic E-state index is -0.552. The van der Waals surface area contributed by atoms with Gasteiger partial charge in [0.15, 0.2) is 11.6 Å². The number of benzene rings is 3. The van der Waals surface area contributed by atoms with Crippen LogP contribution in [0.5, 0.6) is 17.2 Å². The van der Waals surface area contributed by atoms with E-state index in [9.17, 15) is 19.5 Å². The van der Waals surface area contributed by atoms with Gasteiger partial charge in [0.2, 0.25) is 11.8 Å². The minimum Gasteiger partial charge on any atom is -0.507 e. The topological polar surface area (TPSA) is 173 Å². The largest absolute Gasteiger partial charge is 0.507 e. The fraction of sp³-hybridized carbons (Fsp3) is 0.490. The molecule has 1 unspecified atom stereocenters. The van der Waals surface area contributed by atoms with Crippen LogP contribution >= 0.6 is 0 Å². The lowest BCUT2D eigenvalue weighted by Crippen LogP contribution is -2.58. The quantitative estimate of drug-likeness (QED) is 0.182. The number of halogens is 1. The number of anilines is 5. The van der Waals surface area contributed by atoms with E-state index in [1.807, 2.05) is 61.0 Å². The minimum absolute atomic E-state index is 0.00959. The number of nitrogens with one attached hydrogen (secondary N) is 1. The van der Waals surface area contributed by atoms with Crippen molar-refractivity contribution in [2.24, 2.45) is 0 Å². The van der Waals surface area contributed by atoms with Crippen LogP contribution in [0.2, 0.25) is 0 Å². The first-order valence-electron chi connectivity index (χ1n) is 23.4. The number of rotatable bonds is 8. The first kappa shape index (κ1) is 43.4. The van der Waals surface area contributed by atoms with E-state index < -0.39 is 11.6 Å². The molecule has 3 aromatic carbocycles. The summed E-state index contributed by atoms with van der Waals surface area (Å²) in [5.74, 6) is 0.842. The van der Waals surface area contributed by atoms with Gasteiger partial charge in [0.05, 0.1) is 29.3 Å². The van der Waals surface area contributed by atoms with Crippen molar-refractivity contribution in [3.8, 4) is 28.5 Å². The number of piperidine rings is 3. The lowest BCUT2D eigenvalue weighted by molar-refractivity contribution is -0.134. The Hall–Kier alpha value is -6.52. The molecule has 0 aliphatic carbocycles. The van der Waals surface area contributed by atoms with Crippen molar-refractivity contribution in [2.45, 2.75) is 101 Å². The summed E-state index contributed by atoms with van der Waals surface area (Å²) in [6.07, 6.45) is 5.39. The van der Waals surface area contributed by atoms with Crippen LogP contribution in [0.3, 0.4) is 0 Å². The molecule has 2 bridgehead atoms. The highest BCUT2D eigenvalue weighted by molar-refractivity contribution is 6.02. The monoisotopic (exact) mass is 902 g/mol. The number of hydrogen-bond acceptors (Lipinski definition) is 13. The van der Waals surface area contributed by atoms with E-state index in [2.05, 4.69) is 41.2 Å². The third kappa shape index (κ3) is 8.43. The number of carbonyl (C=O) groups excluding carboxylic acids is 3. The summed E-state index contributed by atoms with van der Waals surface area (Å²) in [4.78, 5) is 51.6. The highest BCUT2D eigenvalue weighted by Crippen LogP contribution is 2.46. The molecule has 5 saturated heterocycles. The molecule has 348 valence electrons. The second kappa shape index (κ2) is 17.4. The number of nitrogens with two attached hydrogens (primary N) is 1. The van der Waals surface area contributed by atoms with Crippen LogP contribution < -0.4 is 40.1 Å². The second-order valence-electron chi connectivity index (χ2n) is 19.4. The summed E-state index contributed by atoms with van der Waals surface area (Å²) >= 11 is 0. The molecular weight excluding hydrogens is 844 g/mol. The zero-order valence-corrected chi connectivity index (χ0v) is 37.9. The zero-order valence-electron chi connectivity index (χ0n) is 37.9. The fourth-order valence-corrected chi connectivity index (χ4v) is 11.1. The van der Waals surface area contributed by atoms with Crippen LogP contribution in [0.4, 0.5) is 37.8 Å². The van der Waals surface area contributed by atoms with Crippen molar-refractivity contribution < 1.29 is 33.4 Å². The zero-order chi connectivity index (χ0) is 45.9. The molecule has 3 atom stereocenters. The van der Waals surface area contributed by atoms with Gasteiger partial charge in [0.1, 0.15) is 35.1 Å². The number of fused-ring (bicyclic) bond motifs is 3. The number of piperazine rings is 1. The normalized spacial score (nSPS) is 23.3. The van der Waals surface area contributed by atoms with Gasteiger partial charge in [-0.2, -0.15) is 0 Å². The molecule has 4 aromatic rings. The summed E-state index contributed by atoms with van der Waals surface area (Å²) < 4.78 is 28.4. The van der Waals surface area contributed by atoms with Crippen molar-refractivity contribution in [1.29, 1.82) is 0 Å². The van der Waals surface area contributed by atoms with Crippen molar-refractivity contribution in [1.82, 2.24) is 25.3 Å². The number of ether oxygens (including phenoxy) is 2. The fourth-order valence-electron chi connectivity index (χ4n) is 11.1. The smallest absolute Gasteiger partial charge is 0.319 e. The van der Waals surface area contributed by atoms with Crippen LogP contribution in [0.1, 0.15) is 65.2 Å². The van der Waals surface area contributed by atoms with E-state index in [1.54, 1.807) is 24.3 Å². The molecule has 16 nitrogen and oxygen atoms in total. The Balaban J connectivity index is 0.733. The number of aromatic nitrogens is 2. The number of carbonyl (C=O) groups is 3. The number of phenolic OH excluding ortho intramolecular Hbond substituents is 1. The molecule has 66 heavy (non-hydrogen) atoms. The van der Waals surface area contributed by atoms with Crippen molar-refractivity contribution >= 4 is 46.4 Å². The van der Waals surface area contributed by atoms with Gasteiger partial charge < -0.3 is 49.7 Å². The van der Waals surface area contributed by atoms with Crippen LogP contribution in [0.25, 0.3) is 11.3 Å². The van der Waals surface area contributed by atoms with Crippen LogP contribution in [-0.2, 0) is 9.59 Å². The second-order valence-corrected chi connectivity index (χ2v) is 19.4. The Bertz CT molecular complexity index is 2500. The molecule has 5 fully saturated rings. The molecule has 7 heterocycles. The summed E-state index contributed by atoms with van der Waals surface area (Å²) in [6.45, 7) is 8.49. The van der Waals surface area contributed by atoms with Crippen LogP contribution in [-0.4, -0.2) is 132 Å². The maximum atomic E-state index is 15.4. The van der Waals surface area contributed by atoms with Gasteiger partial charge in [-0.1, -0.05) is 18.2 Å². The Labute approximate surface area is 384 Å². The lowest BCUT2D eigenvalue weighted by atomic mass is 9.97. The molecule has 6 aliphatic heterocycles. The maximum Gasteiger partial charge on any atom is 0.319 e. The number of amides is 4. The van der Waals surface area contributed by atoms with E-state index in [0.29, 0.717) is 81.2 Å².